The molecule has 0 aliphatic heterocycles. The van der Waals surface area contributed by atoms with Crippen LogP contribution in [0.2, 0.25) is 0 Å². The number of carboxylic acids is 1. The van der Waals surface area contributed by atoms with Crippen LogP contribution >= 0.6 is 11.8 Å². The van der Waals surface area contributed by atoms with Crippen molar-refractivity contribution in [3.05, 3.63) is 0 Å². The highest BCUT2D eigenvalue weighted by atomic mass is 32.2. The van der Waals surface area contributed by atoms with Crippen molar-refractivity contribution < 1.29 is 14.7 Å². The summed E-state index contributed by atoms with van der Waals surface area (Å²) >= 11 is 1.51. The van der Waals surface area contributed by atoms with Crippen molar-refractivity contribution >= 4 is 29.6 Å². The number of carbonyl (C=O) groups is 2. The fourth-order valence-electron chi connectivity index (χ4n) is 1.03. The fraction of sp³-hybridized carbons (Fsp3) is 0.667. The van der Waals surface area contributed by atoms with Crippen molar-refractivity contribution in [2.24, 2.45) is 5.73 Å². The number of guanidine groups is 1. The summed E-state index contributed by atoms with van der Waals surface area (Å²) in [5.41, 5.74) is 5.16. The molecule has 1 atom stereocenters. The van der Waals surface area contributed by atoms with Gasteiger partial charge in [-0.2, -0.15) is 11.8 Å². The van der Waals surface area contributed by atoms with Gasteiger partial charge in [0, 0.05) is 7.05 Å². The van der Waals surface area contributed by atoms with Gasteiger partial charge in [0.2, 0.25) is 5.91 Å². The molecule has 98 valence electrons. The summed E-state index contributed by atoms with van der Waals surface area (Å²) in [6.45, 7) is -0.127. The molecule has 1 amide bonds. The van der Waals surface area contributed by atoms with E-state index in [1.54, 1.807) is 0 Å². The quantitative estimate of drug-likeness (QED) is 0.350. The summed E-state index contributed by atoms with van der Waals surface area (Å²) in [6.07, 6.45) is 2.23. The number of rotatable bonds is 7. The minimum absolute atomic E-state index is 0.127. The first-order chi connectivity index (χ1) is 7.88. The van der Waals surface area contributed by atoms with Crippen LogP contribution in [0.1, 0.15) is 6.42 Å². The molecular formula is C9H18N4O3S. The molecule has 5 N–H and O–H groups in total. The number of thioether (sulfide) groups is 1. The van der Waals surface area contributed by atoms with Gasteiger partial charge in [0.25, 0.3) is 0 Å². The van der Waals surface area contributed by atoms with E-state index in [0.717, 1.165) is 0 Å². The highest BCUT2D eigenvalue weighted by Crippen LogP contribution is 2.01. The Hall–Kier alpha value is -1.44. The number of aliphatic carboxylic acids is 1. The normalized spacial score (nSPS) is 11.6. The van der Waals surface area contributed by atoms with Gasteiger partial charge in [-0.3, -0.25) is 10.2 Å². The van der Waals surface area contributed by atoms with Crippen molar-refractivity contribution in [3.8, 4) is 0 Å². The third-order valence-corrected chi connectivity index (χ3v) is 2.68. The van der Waals surface area contributed by atoms with Crippen LogP contribution in [-0.4, -0.2) is 59.5 Å². The first-order valence-corrected chi connectivity index (χ1v) is 6.34. The molecule has 0 aromatic heterocycles. The maximum absolute atomic E-state index is 11.5. The molecule has 0 fully saturated rings. The van der Waals surface area contributed by atoms with Gasteiger partial charge in [0.05, 0.1) is 6.54 Å². The minimum atomic E-state index is -1.06. The first kappa shape index (κ1) is 15.6. The lowest BCUT2D eigenvalue weighted by Crippen LogP contribution is -2.47. The molecule has 17 heavy (non-hydrogen) atoms. The molecule has 0 unspecified atom stereocenters. The van der Waals surface area contributed by atoms with Gasteiger partial charge in [-0.25, -0.2) is 4.79 Å². The van der Waals surface area contributed by atoms with Gasteiger partial charge in [-0.1, -0.05) is 0 Å². The lowest BCUT2D eigenvalue weighted by Gasteiger charge is -2.18. The molecular weight excluding hydrogens is 244 g/mol. The van der Waals surface area contributed by atoms with E-state index in [0.29, 0.717) is 12.2 Å². The molecule has 0 saturated carbocycles. The maximum Gasteiger partial charge on any atom is 0.326 e. The molecule has 0 aliphatic rings. The summed E-state index contributed by atoms with van der Waals surface area (Å²) in [4.78, 5) is 23.5. The second-order valence-electron chi connectivity index (χ2n) is 3.48. The Bertz CT molecular complexity index is 298. The highest BCUT2D eigenvalue weighted by Gasteiger charge is 2.20. The second kappa shape index (κ2) is 7.77. The Morgan fingerprint density at radius 1 is 1.59 bits per heavy atom. The van der Waals surface area contributed by atoms with E-state index in [1.165, 1.54) is 23.7 Å². The summed E-state index contributed by atoms with van der Waals surface area (Å²) in [5.74, 6) is -1.11. The van der Waals surface area contributed by atoms with Crippen molar-refractivity contribution in [2.45, 2.75) is 12.5 Å². The molecule has 0 saturated heterocycles. The topological polar surface area (TPSA) is 120 Å². The standard InChI is InChI=1S/C9H18N4O3S/c1-13(9(10)11)5-7(14)12-6(8(15)16)3-4-17-2/h6H,3-5H2,1-2H3,(H3,10,11)(H,12,14)(H,15,16)/t6-/m0/s1. The third kappa shape index (κ3) is 6.67. The summed E-state index contributed by atoms with van der Waals surface area (Å²) in [5, 5.41) is 18.4. The van der Waals surface area contributed by atoms with Crippen molar-refractivity contribution in [1.29, 1.82) is 5.41 Å². The SMILES string of the molecule is CSCC[C@H](NC(=O)CN(C)C(=N)N)C(=O)O. The van der Waals surface area contributed by atoms with E-state index in [2.05, 4.69) is 5.32 Å². The van der Waals surface area contributed by atoms with Gasteiger partial charge < -0.3 is 21.1 Å². The number of carboxylic acid groups (broad SMARTS) is 1. The molecule has 0 aromatic carbocycles. The summed E-state index contributed by atoms with van der Waals surface area (Å²) < 4.78 is 0. The maximum atomic E-state index is 11.5. The molecule has 0 bridgehead atoms. The van der Waals surface area contributed by atoms with E-state index >= 15 is 0 Å². The van der Waals surface area contributed by atoms with Crippen molar-refractivity contribution in [2.75, 3.05) is 25.6 Å². The number of nitrogens with zero attached hydrogens (tertiary/aromatic N) is 1. The lowest BCUT2D eigenvalue weighted by molar-refractivity contribution is -0.141. The van der Waals surface area contributed by atoms with Crippen LogP contribution in [0.5, 0.6) is 0 Å². The van der Waals surface area contributed by atoms with Crippen molar-refractivity contribution in [3.63, 3.8) is 0 Å². The molecule has 0 radical (unpaired) electrons. The van der Waals surface area contributed by atoms with Gasteiger partial charge >= 0.3 is 5.97 Å². The number of nitrogens with two attached hydrogens (primary N) is 1. The average Bonchev–Trinajstić information content (AvgIpc) is 2.23. The lowest BCUT2D eigenvalue weighted by atomic mass is 10.2. The van der Waals surface area contributed by atoms with Crippen LogP contribution in [0.3, 0.4) is 0 Å². The summed E-state index contributed by atoms with van der Waals surface area (Å²) in [6, 6.07) is -0.893. The molecule has 0 aliphatic carbocycles. The number of hydrogen-bond donors (Lipinski definition) is 4. The monoisotopic (exact) mass is 262 g/mol. The first-order valence-electron chi connectivity index (χ1n) is 4.94. The predicted octanol–water partition coefficient (Wildman–Crippen LogP) is -0.866. The van der Waals surface area contributed by atoms with E-state index < -0.39 is 17.9 Å². The Labute approximate surface area is 104 Å². The summed E-state index contributed by atoms with van der Waals surface area (Å²) in [7, 11) is 1.49. The van der Waals surface area contributed by atoms with Crippen LogP contribution in [-0.2, 0) is 9.59 Å². The fourth-order valence-corrected chi connectivity index (χ4v) is 1.51. The largest absolute Gasteiger partial charge is 0.480 e. The van der Waals surface area contributed by atoms with Gasteiger partial charge in [0.15, 0.2) is 5.96 Å². The zero-order valence-corrected chi connectivity index (χ0v) is 10.7. The molecule has 0 spiro atoms. The minimum Gasteiger partial charge on any atom is -0.480 e. The predicted molar refractivity (Wildman–Crippen MR) is 67.1 cm³/mol. The highest BCUT2D eigenvalue weighted by molar-refractivity contribution is 7.98. The van der Waals surface area contributed by atoms with E-state index in [9.17, 15) is 9.59 Å². The third-order valence-electron chi connectivity index (χ3n) is 2.04. The Kier molecular flexibility index (Phi) is 7.11. The van der Waals surface area contributed by atoms with Crippen LogP contribution in [0.25, 0.3) is 0 Å². The Morgan fingerprint density at radius 3 is 2.59 bits per heavy atom. The Morgan fingerprint density at radius 2 is 2.18 bits per heavy atom. The number of hydrogen-bond acceptors (Lipinski definition) is 4. The number of amides is 1. The van der Waals surface area contributed by atoms with Crippen LogP contribution in [0.15, 0.2) is 0 Å². The molecule has 8 heteroatoms. The van der Waals surface area contributed by atoms with Gasteiger partial charge in [-0.05, 0) is 18.4 Å². The van der Waals surface area contributed by atoms with Crippen LogP contribution in [0, 0.1) is 5.41 Å². The number of likely N-dealkylation sites (N-methyl/N-ethyl adjacent to an activating group) is 1. The smallest absolute Gasteiger partial charge is 0.326 e. The number of nitrogens with one attached hydrogen (secondary N) is 2. The second-order valence-corrected chi connectivity index (χ2v) is 4.47. The zero-order chi connectivity index (χ0) is 13.4. The van der Waals surface area contributed by atoms with Crippen LogP contribution in [0.4, 0.5) is 0 Å². The van der Waals surface area contributed by atoms with Crippen molar-refractivity contribution in [1.82, 2.24) is 10.2 Å². The van der Waals surface area contributed by atoms with Gasteiger partial charge in [-0.15, -0.1) is 0 Å². The van der Waals surface area contributed by atoms with Gasteiger partial charge in [0.1, 0.15) is 6.04 Å². The Balaban J connectivity index is 4.21. The van der Waals surface area contributed by atoms with E-state index in [-0.39, 0.29) is 12.5 Å². The molecule has 0 rings (SSSR count). The molecule has 0 aromatic rings. The average molecular weight is 262 g/mol. The van der Waals surface area contributed by atoms with E-state index in [1.807, 2.05) is 6.26 Å². The number of carbonyl (C=O) groups excluding carboxylic acids is 1. The molecule has 0 heterocycles. The van der Waals surface area contributed by atoms with E-state index in [4.69, 9.17) is 16.2 Å². The van der Waals surface area contributed by atoms with Crippen LogP contribution < -0.4 is 11.1 Å². The zero-order valence-electron chi connectivity index (χ0n) is 9.90. The molecule has 7 nitrogen and oxygen atoms in total.